The summed E-state index contributed by atoms with van der Waals surface area (Å²) in [6.07, 6.45) is 0. The van der Waals surface area contributed by atoms with Crippen LogP contribution in [-0.4, -0.2) is 16.2 Å². The molecule has 100 valence electrons. The Morgan fingerprint density at radius 2 is 2.16 bits per heavy atom. The van der Waals surface area contributed by atoms with Gasteiger partial charge >= 0.3 is 5.97 Å². The second kappa shape index (κ2) is 5.35. The van der Waals surface area contributed by atoms with Crippen LogP contribution in [0.1, 0.15) is 16.2 Å². The Labute approximate surface area is 113 Å². The Bertz CT molecular complexity index is 629. The van der Waals surface area contributed by atoms with E-state index in [-0.39, 0.29) is 23.8 Å². The highest BCUT2D eigenvalue weighted by molar-refractivity contribution is 9.10. The van der Waals surface area contributed by atoms with E-state index in [0.29, 0.717) is 4.47 Å². The minimum atomic E-state index is -1.25. The largest absolute Gasteiger partial charge is 0.482 e. The molecule has 0 aliphatic rings. The van der Waals surface area contributed by atoms with Gasteiger partial charge in [-0.2, -0.15) is 4.39 Å². The second-order valence-electron chi connectivity index (χ2n) is 3.47. The standard InChI is InChI=1S/C11H6BrF2NO4/c12-5-1-7(13)10(14)9(2-5)18-4-6-3-8(11(16)17)15-19-6/h1-3H,4H2,(H,16,17). The topological polar surface area (TPSA) is 72.6 Å². The number of halogens is 3. The molecule has 2 rings (SSSR count). The molecule has 19 heavy (non-hydrogen) atoms. The zero-order valence-electron chi connectivity index (χ0n) is 9.19. The van der Waals surface area contributed by atoms with E-state index in [1.807, 2.05) is 0 Å². The number of benzene rings is 1. The van der Waals surface area contributed by atoms with E-state index in [1.165, 1.54) is 6.07 Å². The number of carboxylic acid groups (broad SMARTS) is 1. The average Bonchev–Trinajstić information content (AvgIpc) is 2.81. The smallest absolute Gasteiger partial charge is 0.358 e. The molecule has 0 atom stereocenters. The number of aromatic nitrogens is 1. The molecule has 1 aromatic heterocycles. The van der Waals surface area contributed by atoms with Gasteiger partial charge in [-0.05, 0) is 12.1 Å². The quantitative estimate of drug-likeness (QED) is 0.871. The molecule has 1 aromatic carbocycles. The van der Waals surface area contributed by atoms with Crippen LogP contribution in [0.25, 0.3) is 0 Å². The fourth-order valence-electron chi connectivity index (χ4n) is 1.27. The van der Waals surface area contributed by atoms with Gasteiger partial charge in [0, 0.05) is 10.5 Å². The van der Waals surface area contributed by atoms with E-state index in [1.54, 1.807) is 0 Å². The van der Waals surface area contributed by atoms with Crippen molar-refractivity contribution < 1.29 is 27.9 Å². The van der Waals surface area contributed by atoms with Crippen molar-refractivity contribution in [2.24, 2.45) is 0 Å². The lowest BCUT2D eigenvalue weighted by Gasteiger charge is -2.06. The van der Waals surface area contributed by atoms with Gasteiger partial charge in [0.2, 0.25) is 5.82 Å². The molecule has 0 saturated carbocycles. The number of nitrogens with zero attached hydrogens (tertiary/aromatic N) is 1. The van der Waals surface area contributed by atoms with Crippen molar-refractivity contribution in [3.05, 3.63) is 45.8 Å². The summed E-state index contributed by atoms with van der Waals surface area (Å²) in [6.45, 7) is -0.271. The lowest BCUT2D eigenvalue weighted by Crippen LogP contribution is -1.98. The lowest BCUT2D eigenvalue weighted by molar-refractivity contribution is 0.0685. The van der Waals surface area contributed by atoms with Crippen LogP contribution in [-0.2, 0) is 6.61 Å². The zero-order chi connectivity index (χ0) is 14.0. The molecule has 5 nitrogen and oxygen atoms in total. The highest BCUT2D eigenvalue weighted by Gasteiger charge is 2.14. The van der Waals surface area contributed by atoms with Crippen LogP contribution in [0.15, 0.2) is 27.2 Å². The Hall–Kier alpha value is -1.96. The summed E-state index contributed by atoms with van der Waals surface area (Å²) in [5.41, 5.74) is -0.292. The van der Waals surface area contributed by atoms with Gasteiger partial charge in [-0.25, -0.2) is 9.18 Å². The molecule has 0 unspecified atom stereocenters. The van der Waals surface area contributed by atoms with Gasteiger partial charge < -0.3 is 14.4 Å². The number of hydrogen-bond donors (Lipinski definition) is 1. The number of carboxylic acids is 1. The molecule has 0 fully saturated rings. The minimum Gasteiger partial charge on any atom is -0.482 e. The first-order chi connectivity index (χ1) is 8.97. The molecule has 1 N–H and O–H groups in total. The van der Waals surface area contributed by atoms with Crippen LogP contribution in [0.2, 0.25) is 0 Å². The molecule has 0 spiro atoms. The Balaban J connectivity index is 2.12. The van der Waals surface area contributed by atoms with E-state index < -0.39 is 17.6 Å². The first-order valence-electron chi connectivity index (χ1n) is 4.93. The van der Waals surface area contributed by atoms with E-state index in [0.717, 1.165) is 12.1 Å². The third kappa shape index (κ3) is 3.08. The van der Waals surface area contributed by atoms with Crippen LogP contribution in [0.5, 0.6) is 5.75 Å². The van der Waals surface area contributed by atoms with Gasteiger partial charge in [0.05, 0.1) is 0 Å². The van der Waals surface area contributed by atoms with Gasteiger partial charge in [-0.1, -0.05) is 21.1 Å². The van der Waals surface area contributed by atoms with Gasteiger partial charge in [0.15, 0.2) is 23.0 Å². The van der Waals surface area contributed by atoms with E-state index in [4.69, 9.17) is 9.84 Å². The molecule has 1 heterocycles. The summed E-state index contributed by atoms with van der Waals surface area (Å²) >= 11 is 3.00. The molecule has 0 radical (unpaired) electrons. The van der Waals surface area contributed by atoms with Crippen molar-refractivity contribution in [1.82, 2.24) is 5.16 Å². The molecule has 0 saturated heterocycles. The van der Waals surface area contributed by atoms with Crippen molar-refractivity contribution in [2.75, 3.05) is 0 Å². The third-order valence-corrected chi connectivity index (χ3v) is 2.57. The summed E-state index contributed by atoms with van der Waals surface area (Å²) in [5, 5.41) is 11.9. The van der Waals surface area contributed by atoms with Gasteiger partial charge in [-0.3, -0.25) is 0 Å². The summed E-state index contributed by atoms with van der Waals surface area (Å²) in [6, 6.07) is 3.33. The van der Waals surface area contributed by atoms with Crippen molar-refractivity contribution in [1.29, 1.82) is 0 Å². The van der Waals surface area contributed by atoms with E-state index in [2.05, 4.69) is 25.6 Å². The number of rotatable bonds is 4. The van der Waals surface area contributed by atoms with Crippen molar-refractivity contribution in [3.63, 3.8) is 0 Å². The minimum absolute atomic E-state index is 0.0807. The Kier molecular flexibility index (Phi) is 3.79. The van der Waals surface area contributed by atoms with Crippen LogP contribution in [0.3, 0.4) is 0 Å². The van der Waals surface area contributed by atoms with Crippen LogP contribution < -0.4 is 4.74 Å². The first-order valence-corrected chi connectivity index (χ1v) is 5.73. The maximum atomic E-state index is 13.4. The first kappa shape index (κ1) is 13.5. The Morgan fingerprint density at radius 3 is 2.79 bits per heavy atom. The monoisotopic (exact) mass is 333 g/mol. The molecule has 2 aromatic rings. The maximum absolute atomic E-state index is 13.4. The molecular weight excluding hydrogens is 328 g/mol. The van der Waals surface area contributed by atoms with E-state index >= 15 is 0 Å². The molecule has 0 bridgehead atoms. The number of ether oxygens (including phenoxy) is 1. The van der Waals surface area contributed by atoms with Crippen molar-refractivity contribution in [2.45, 2.75) is 6.61 Å². The van der Waals surface area contributed by atoms with Gasteiger partial charge in [0.1, 0.15) is 6.61 Å². The van der Waals surface area contributed by atoms with Gasteiger partial charge in [0.25, 0.3) is 0 Å². The summed E-state index contributed by atoms with van der Waals surface area (Å²) in [7, 11) is 0. The molecular formula is C11H6BrF2NO4. The van der Waals surface area contributed by atoms with Crippen LogP contribution in [0, 0.1) is 11.6 Å². The molecule has 0 aliphatic carbocycles. The van der Waals surface area contributed by atoms with Crippen molar-refractivity contribution in [3.8, 4) is 5.75 Å². The summed E-state index contributed by atoms with van der Waals surface area (Å²) < 4.78 is 36.4. The summed E-state index contributed by atoms with van der Waals surface area (Å²) in [5.74, 6) is -3.69. The maximum Gasteiger partial charge on any atom is 0.358 e. The normalized spacial score (nSPS) is 10.5. The second-order valence-corrected chi connectivity index (χ2v) is 4.39. The highest BCUT2D eigenvalue weighted by atomic mass is 79.9. The predicted molar refractivity (Wildman–Crippen MR) is 61.9 cm³/mol. The fraction of sp³-hybridized carbons (Fsp3) is 0.0909. The third-order valence-electron chi connectivity index (χ3n) is 2.11. The highest BCUT2D eigenvalue weighted by Crippen LogP contribution is 2.26. The molecule has 0 amide bonds. The van der Waals surface area contributed by atoms with E-state index in [9.17, 15) is 13.6 Å². The average molecular weight is 334 g/mol. The summed E-state index contributed by atoms with van der Waals surface area (Å²) in [4.78, 5) is 10.6. The molecule has 0 aliphatic heterocycles. The predicted octanol–water partition coefficient (Wildman–Crippen LogP) is 2.99. The Morgan fingerprint density at radius 1 is 1.42 bits per heavy atom. The van der Waals surface area contributed by atoms with Crippen LogP contribution >= 0.6 is 15.9 Å². The number of aromatic carboxylic acids is 1. The fourth-order valence-corrected chi connectivity index (χ4v) is 1.68. The number of carbonyl (C=O) groups is 1. The molecule has 8 heteroatoms. The van der Waals surface area contributed by atoms with Crippen molar-refractivity contribution >= 4 is 21.9 Å². The zero-order valence-corrected chi connectivity index (χ0v) is 10.8. The SMILES string of the molecule is O=C(O)c1cc(COc2cc(Br)cc(F)c2F)on1. The van der Waals surface area contributed by atoms with Crippen LogP contribution in [0.4, 0.5) is 8.78 Å². The number of hydrogen-bond acceptors (Lipinski definition) is 4. The lowest BCUT2D eigenvalue weighted by atomic mass is 10.3. The van der Waals surface area contributed by atoms with Gasteiger partial charge in [-0.15, -0.1) is 0 Å².